The second-order valence-corrected chi connectivity index (χ2v) is 8.42. The summed E-state index contributed by atoms with van der Waals surface area (Å²) >= 11 is 5.72. The van der Waals surface area contributed by atoms with Crippen molar-refractivity contribution in [2.75, 3.05) is 33.8 Å². The topological polar surface area (TPSA) is 60.6 Å². The molecule has 0 bridgehead atoms. The van der Waals surface area contributed by atoms with E-state index >= 15 is 0 Å². The normalized spacial score (nSPS) is 11.0. The largest absolute Gasteiger partial charge is 0.494 e. The minimum Gasteiger partial charge on any atom is -0.494 e. The van der Waals surface area contributed by atoms with Crippen LogP contribution in [0, 0.1) is 0 Å². The molecule has 0 unspecified atom stereocenters. The van der Waals surface area contributed by atoms with E-state index in [-0.39, 0.29) is 5.56 Å². The summed E-state index contributed by atoms with van der Waals surface area (Å²) in [6.07, 6.45) is 0.989. The van der Waals surface area contributed by atoms with Crippen LogP contribution in [0.1, 0.15) is 24.5 Å². The van der Waals surface area contributed by atoms with Crippen LogP contribution in [0.2, 0.25) is 0 Å². The number of aromatic amines is 1. The molecule has 0 atom stereocenters. The van der Waals surface area contributed by atoms with Crippen molar-refractivity contribution in [3.05, 3.63) is 76.1 Å². The lowest BCUT2D eigenvalue weighted by Crippen LogP contribution is -2.40. The number of pyridine rings is 1. The number of fused-ring (bicyclic) bond motifs is 1. The molecule has 2 N–H and O–H groups in total. The standard InChI is InChI=1S/C25H32N4O2S/c1-4-31-22-11-12-23-20(16-22)15-21(24(30)27-23)18-29(17-19-9-6-5-7-10-19)25(32)26-13-8-14-28(2)3/h5-7,9-12,15-16H,4,8,13-14,17-18H2,1-3H3,(H,26,32)(H,27,30). The van der Waals surface area contributed by atoms with Gasteiger partial charge in [-0.3, -0.25) is 4.79 Å². The molecule has 0 spiro atoms. The molecule has 170 valence electrons. The molecule has 6 nitrogen and oxygen atoms in total. The van der Waals surface area contributed by atoms with E-state index in [1.807, 2.05) is 54.3 Å². The molecule has 32 heavy (non-hydrogen) atoms. The van der Waals surface area contributed by atoms with Crippen LogP contribution in [0.15, 0.2) is 59.4 Å². The minimum absolute atomic E-state index is 0.102. The average molecular weight is 453 g/mol. The number of rotatable bonds is 10. The van der Waals surface area contributed by atoms with Gasteiger partial charge in [0.2, 0.25) is 0 Å². The molecule has 0 aliphatic rings. The number of aromatic nitrogens is 1. The van der Waals surface area contributed by atoms with Crippen LogP contribution in [0.25, 0.3) is 10.9 Å². The second-order valence-electron chi connectivity index (χ2n) is 8.04. The van der Waals surface area contributed by atoms with Crippen LogP contribution in [0.4, 0.5) is 0 Å². The molecule has 0 aliphatic carbocycles. The van der Waals surface area contributed by atoms with E-state index in [0.717, 1.165) is 41.7 Å². The Balaban J connectivity index is 1.82. The van der Waals surface area contributed by atoms with Gasteiger partial charge in [-0.15, -0.1) is 0 Å². The highest BCUT2D eigenvalue weighted by molar-refractivity contribution is 7.80. The molecule has 2 aromatic carbocycles. The lowest BCUT2D eigenvalue weighted by atomic mass is 10.1. The summed E-state index contributed by atoms with van der Waals surface area (Å²) in [7, 11) is 4.12. The molecular formula is C25H32N4O2S. The smallest absolute Gasteiger partial charge is 0.253 e. The first kappa shape index (κ1) is 23.8. The van der Waals surface area contributed by atoms with Crippen LogP contribution >= 0.6 is 12.2 Å². The number of hydrogen-bond acceptors (Lipinski definition) is 4. The Morgan fingerprint density at radius 2 is 1.88 bits per heavy atom. The van der Waals surface area contributed by atoms with Crippen LogP contribution in [-0.2, 0) is 13.1 Å². The van der Waals surface area contributed by atoms with Crippen molar-refractivity contribution in [3.63, 3.8) is 0 Å². The third-order valence-electron chi connectivity index (χ3n) is 5.13. The number of nitrogens with zero attached hydrogens (tertiary/aromatic N) is 2. The SMILES string of the molecule is CCOc1ccc2[nH]c(=O)c(CN(Cc3ccccc3)C(=S)NCCCN(C)C)cc2c1. The summed E-state index contributed by atoms with van der Waals surface area (Å²) in [5.41, 5.74) is 2.50. The molecule has 3 aromatic rings. The summed E-state index contributed by atoms with van der Waals surface area (Å²) in [6, 6.07) is 17.8. The van der Waals surface area contributed by atoms with Gasteiger partial charge in [0.25, 0.3) is 5.56 Å². The van der Waals surface area contributed by atoms with E-state index in [1.165, 1.54) is 0 Å². The van der Waals surface area contributed by atoms with Crippen molar-refractivity contribution in [1.82, 2.24) is 20.1 Å². The summed E-state index contributed by atoms with van der Waals surface area (Å²) in [4.78, 5) is 20.0. The van der Waals surface area contributed by atoms with Gasteiger partial charge in [-0.1, -0.05) is 30.3 Å². The number of H-pyrrole nitrogens is 1. The predicted molar refractivity (Wildman–Crippen MR) is 135 cm³/mol. The van der Waals surface area contributed by atoms with E-state index in [1.54, 1.807) is 0 Å². The number of benzene rings is 2. The fraction of sp³-hybridized carbons (Fsp3) is 0.360. The Kier molecular flexibility index (Phi) is 8.64. The third-order valence-corrected chi connectivity index (χ3v) is 5.53. The molecule has 0 saturated heterocycles. The van der Waals surface area contributed by atoms with Gasteiger partial charge < -0.3 is 24.8 Å². The maximum atomic E-state index is 12.8. The maximum absolute atomic E-state index is 12.8. The van der Waals surface area contributed by atoms with Crippen LogP contribution in [0.5, 0.6) is 5.75 Å². The average Bonchev–Trinajstić information content (AvgIpc) is 2.77. The van der Waals surface area contributed by atoms with Crippen molar-refractivity contribution in [2.45, 2.75) is 26.4 Å². The number of ether oxygens (including phenoxy) is 1. The van der Waals surface area contributed by atoms with E-state index in [0.29, 0.717) is 30.4 Å². The summed E-state index contributed by atoms with van der Waals surface area (Å²) in [5, 5.41) is 4.95. The van der Waals surface area contributed by atoms with E-state index in [2.05, 4.69) is 41.4 Å². The van der Waals surface area contributed by atoms with Crippen LogP contribution < -0.4 is 15.6 Å². The molecule has 0 radical (unpaired) electrons. The van der Waals surface area contributed by atoms with Gasteiger partial charge in [0, 0.05) is 29.6 Å². The van der Waals surface area contributed by atoms with Gasteiger partial charge in [0.05, 0.1) is 13.2 Å². The number of hydrogen-bond donors (Lipinski definition) is 2. The molecule has 0 amide bonds. The van der Waals surface area contributed by atoms with Crippen molar-refractivity contribution in [3.8, 4) is 5.75 Å². The molecule has 7 heteroatoms. The van der Waals surface area contributed by atoms with Crippen molar-refractivity contribution >= 4 is 28.2 Å². The summed E-state index contributed by atoms with van der Waals surface area (Å²) in [5.74, 6) is 0.789. The lowest BCUT2D eigenvalue weighted by Gasteiger charge is -2.26. The minimum atomic E-state index is -0.102. The van der Waals surface area contributed by atoms with Crippen molar-refractivity contribution in [1.29, 1.82) is 0 Å². The number of nitrogens with one attached hydrogen (secondary N) is 2. The van der Waals surface area contributed by atoms with Crippen molar-refractivity contribution < 1.29 is 4.74 Å². The Labute approximate surface area is 195 Å². The fourth-order valence-electron chi connectivity index (χ4n) is 3.52. The first-order chi connectivity index (χ1) is 15.5. The maximum Gasteiger partial charge on any atom is 0.253 e. The van der Waals surface area contributed by atoms with Gasteiger partial charge in [0.15, 0.2) is 5.11 Å². The molecule has 0 aliphatic heterocycles. The molecule has 0 fully saturated rings. The first-order valence-corrected chi connectivity index (χ1v) is 11.4. The summed E-state index contributed by atoms with van der Waals surface area (Å²) in [6.45, 7) is 5.36. The molecule has 0 saturated carbocycles. The highest BCUT2D eigenvalue weighted by Crippen LogP contribution is 2.20. The quantitative estimate of drug-likeness (QED) is 0.361. The third kappa shape index (κ3) is 6.80. The van der Waals surface area contributed by atoms with Gasteiger partial charge in [-0.25, -0.2) is 0 Å². The second kappa shape index (κ2) is 11.6. The van der Waals surface area contributed by atoms with Gasteiger partial charge in [0.1, 0.15) is 5.75 Å². The van der Waals surface area contributed by atoms with E-state index < -0.39 is 0 Å². The summed E-state index contributed by atoms with van der Waals surface area (Å²) < 4.78 is 5.62. The first-order valence-electron chi connectivity index (χ1n) is 11.0. The van der Waals surface area contributed by atoms with Crippen LogP contribution in [-0.4, -0.2) is 53.7 Å². The molecule has 1 heterocycles. The predicted octanol–water partition coefficient (Wildman–Crippen LogP) is 3.76. The van der Waals surface area contributed by atoms with Gasteiger partial charge in [-0.05, 0) is 76.0 Å². The molecule has 1 aromatic heterocycles. The highest BCUT2D eigenvalue weighted by Gasteiger charge is 2.14. The Hall–Kier alpha value is -2.90. The zero-order chi connectivity index (χ0) is 22.9. The van der Waals surface area contributed by atoms with Gasteiger partial charge in [-0.2, -0.15) is 0 Å². The Bertz CT molecular complexity index is 1080. The Morgan fingerprint density at radius 1 is 1.09 bits per heavy atom. The Morgan fingerprint density at radius 3 is 2.59 bits per heavy atom. The zero-order valence-electron chi connectivity index (χ0n) is 19.1. The zero-order valence-corrected chi connectivity index (χ0v) is 19.9. The highest BCUT2D eigenvalue weighted by atomic mass is 32.1. The van der Waals surface area contributed by atoms with E-state index in [4.69, 9.17) is 17.0 Å². The number of thiocarbonyl (C=S) groups is 1. The monoisotopic (exact) mass is 452 g/mol. The van der Waals surface area contributed by atoms with Gasteiger partial charge >= 0.3 is 0 Å². The lowest BCUT2D eigenvalue weighted by molar-refractivity contribution is 0.340. The van der Waals surface area contributed by atoms with Crippen LogP contribution in [0.3, 0.4) is 0 Å². The fourth-order valence-corrected chi connectivity index (χ4v) is 3.75. The van der Waals surface area contributed by atoms with E-state index in [9.17, 15) is 4.79 Å². The molecular weight excluding hydrogens is 420 g/mol. The molecule has 3 rings (SSSR count). The van der Waals surface area contributed by atoms with Crippen molar-refractivity contribution in [2.24, 2.45) is 0 Å².